The summed E-state index contributed by atoms with van der Waals surface area (Å²) in [5, 5.41) is 3.50. The molecule has 0 amide bonds. The fraction of sp³-hybridized carbons (Fsp3) is 0.111. The van der Waals surface area contributed by atoms with Gasteiger partial charge in [0.15, 0.2) is 0 Å². The van der Waals surface area contributed by atoms with Crippen LogP contribution in [0.15, 0.2) is 78.5 Å². The van der Waals surface area contributed by atoms with E-state index in [1.807, 2.05) is 6.07 Å². The Kier molecular flexibility index (Phi) is 3.46. The Balaban J connectivity index is 1.84. The number of benzene rings is 2. The van der Waals surface area contributed by atoms with Crippen LogP contribution in [-0.4, -0.2) is 0 Å². The van der Waals surface area contributed by atoms with E-state index in [-0.39, 0.29) is 0 Å². The first-order valence-corrected chi connectivity index (χ1v) is 6.70. The van der Waals surface area contributed by atoms with E-state index in [1.54, 1.807) is 0 Å². The van der Waals surface area contributed by atoms with Crippen LogP contribution in [0.2, 0.25) is 0 Å². The van der Waals surface area contributed by atoms with Gasteiger partial charge < -0.3 is 5.32 Å². The summed E-state index contributed by atoms with van der Waals surface area (Å²) in [5.41, 5.74) is 4.94. The van der Waals surface area contributed by atoms with Gasteiger partial charge in [-0.1, -0.05) is 54.6 Å². The molecule has 0 heterocycles. The van der Waals surface area contributed by atoms with Crippen molar-refractivity contribution in [3.8, 4) is 11.1 Å². The molecule has 1 aliphatic carbocycles. The lowest BCUT2D eigenvalue weighted by molar-refractivity contribution is 0.967. The van der Waals surface area contributed by atoms with Gasteiger partial charge in [0.05, 0.1) is 0 Å². The van der Waals surface area contributed by atoms with Crippen LogP contribution in [0.5, 0.6) is 0 Å². The minimum atomic E-state index is 1.09. The largest absolute Gasteiger partial charge is 0.359 e. The summed E-state index contributed by atoms with van der Waals surface area (Å²) in [7, 11) is 0. The summed E-state index contributed by atoms with van der Waals surface area (Å²) in [5.74, 6) is 0. The van der Waals surface area contributed by atoms with Crippen LogP contribution in [0.1, 0.15) is 12.8 Å². The molecule has 2 aromatic rings. The van der Waals surface area contributed by atoms with E-state index in [4.69, 9.17) is 0 Å². The maximum Gasteiger partial charge on any atom is 0.0388 e. The molecule has 1 nitrogen and oxygen atoms in total. The Morgan fingerprint density at radius 3 is 2.47 bits per heavy atom. The van der Waals surface area contributed by atoms with E-state index in [9.17, 15) is 0 Å². The molecule has 3 rings (SSSR count). The van der Waals surface area contributed by atoms with Crippen molar-refractivity contribution in [3.63, 3.8) is 0 Å². The molecule has 0 aromatic heterocycles. The zero-order valence-corrected chi connectivity index (χ0v) is 10.8. The van der Waals surface area contributed by atoms with Crippen LogP contribution < -0.4 is 5.32 Å². The highest BCUT2D eigenvalue weighted by Crippen LogP contribution is 2.24. The molecule has 0 aliphatic heterocycles. The van der Waals surface area contributed by atoms with Crippen molar-refractivity contribution in [2.45, 2.75) is 12.8 Å². The zero-order chi connectivity index (χ0) is 12.9. The summed E-state index contributed by atoms with van der Waals surface area (Å²) < 4.78 is 0. The van der Waals surface area contributed by atoms with Crippen molar-refractivity contribution in [1.82, 2.24) is 0 Å². The van der Waals surface area contributed by atoms with E-state index in [1.165, 1.54) is 16.8 Å². The highest BCUT2D eigenvalue weighted by molar-refractivity contribution is 5.68. The van der Waals surface area contributed by atoms with Gasteiger partial charge in [-0.25, -0.2) is 0 Å². The van der Waals surface area contributed by atoms with Gasteiger partial charge in [0, 0.05) is 11.4 Å². The van der Waals surface area contributed by atoms with Crippen LogP contribution in [0.3, 0.4) is 0 Å². The minimum absolute atomic E-state index is 1.09. The van der Waals surface area contributed by atoms with Crippen molar-refractivity contribution in [1.29, 1.82) is 0 Å². The predicted molar refractivity (Wildman–Crippen MR) is 82.0 cm³/mol. The van der Waals surface area contributed by atoms with Crippen molar-refractivity contribution in [3.05, 3.63) is 78.5 Å². The Morgan fingerprint density at radius 1 is 0.842 bits per heavy atom. The lowest BCUT2D eigenvalue weighted by Crippen LogP contribution is -2.00. The van der Waals surface area contributed by atoms with Crippen LogP contribution in [-0.2, 0) is 0 Å². The van der Waals surface area contributed by atoms with Gasteiger partial charge in [0.1, 0.15) is 0 Å². The smallest absolute Gasteiger partial charge is 0.0388 e. The van der Waals surface area contributed by atoms with Crippen LogP contribution in [0.25, 0.3) is 11.1 Å². The van der Waals surface area contributed by atoms with Crippen molar-refractivity contribution < 1.29 is 0 Å². The maximum absolute atomic E-state index is 3.50. The maximum atomic E-state index is 3.50. The molecule has 0 saturated heterocycles. The molecule has 2 aromatic carbocycles. The molecule has 1 heteroatoms. The predicted octanol–water partition coefficient (Wildman–Crippen LogP) is 5.00. The third-order valence-corrected chi connectivity index (χ3v) is 3.29. The summed E-state index contributed by atoms with van der Waals surface area (Å²) in [6.07, 6.45) is 8.68. The topological polar surface area (TPSA) is 12.0 Å². The summed E-state index contributed by atoms with van der Waals surface area (Å²) in [6.45, 7) is 0. The molecular formula is C18H17N. The summed E-state index contributed by atoms with van der Waals surface area (Å²) >= 11 is 0. The van der Waals surface area contributed by atoms with Gasteiger partial charge >= 0.3 is 0 Å². The van der Waals surface area contributed by atoms with E-state index < -0.39 is 0 Å². The van der Waals surface area contributed by atoms with Crippen LogP contribution in [0, 0.1) is 0 Å². The Bertz CT molecular complexity index is 609. The number of hydrogen-bond donors (Lipinski definition) is 1. The zero-order valence-electron chi connectivity index (χ0n) is 10.8. The molecule has 19 heavy (non-hydrogen) atoms. The average molecular weight is 247 g/mol. The molecule has 94 valence electrons. The quantitative estimate of drug-likeness (QED) is 0.804. The molecule has 0 saturated carbocycles. The first-order chi connectivity index (χ1) is 9.42. The monoisotopic (exact) mass is 247 g/mol. The number of allylic oxidation sites excluding steroid dienone is 4. The van der Waals surface area contributed by atoms with Crippen LogP contribution >= 0.6 is 0 Å². The molecule has 0 unspecified atom stereocenters. The Morgan fingerprint density at radius 2 is 1.68 bits per heavy atom. The highest BCUT2D eigenvalue weighted by Gasteiger charge is 2.02. The third-order valence-electron chi connectivity index (χ3n) is 3.29. The average Bonchev–Trinajstić information content (AvgIpc) is 2.49. The fourth-order valence-corrected chi connectivity index (χ4v) is 2.30. The number of rotatable bonds is 3. The van der Waals surface area contributed by atoms with Gasteiger partial charge in [-0.15, -0.1) is 0 Å². The first-order valence-electron chi connectivity index (χ1n) is 6.70. The first kappa shape index (κ1) is 11.8. The van der Waals surface area contributed by atoms with Gasteiger partial charge in [-0.2, -0.15) is 0 Å². The van der Waals surface area contributed by atoms with E-state index in [2.05, 4.69) is 72.1 Å². The van der Waals surface area contributed by atoms with Crippen molar-refractivity contribution in [2.75, 3.05) is 5.32 Å². The van der Waals surface area contributed by atoms with Gasteiger partial charge in [0.25, 0.3) is 0 Å². The lowest BCUT2D eigenvalue weighted by Gasteiger charge is -2.13. The SMILES string of the molecule is C1=CCCC(Nc2cccc(-c3ccccc3)c2)=C1. The molecule has 0 bridgehead atoms. The number of anilines is 1. The van der Waals surface area contributed by atoms with E-state index in [0.717, 1.165) is 18.5 Å². The molecular weight excluding hydrogens is 230 g/mol. The number of nitrogens with one attached hydrogen (secondary N) is 1. The molecule has 0 atom stereocenters. The second-order valence-electron chi connectivity index (χ2n) is 4.73. The van der Waals surface area contributed by atoms with Crippen molar-refractivity contribution in [2.24, 2.45) is 0 Å². The lowest BCUT2D eigenvalue weighted by atomic mass is 10.0. The van der Waals surface area contributed by atoms with Crippen LogP contribution in [0.4, 0.5) is 5.69 Å². The van der Waals surface area contributed by atoms with Crippen molar-refractivity contribution >= 4 is 5.69 Å². The molecule has 0 radical (unpaired) electrons. The summed E-state index contributed by atoms with van der Waals surface area (Å²) in [4.78, 5) is 0. The van der Waals surface area contributed by atoms with E-state index >= 15 is 0 Å². The fourth-order valence-electron chi connectivity index (χ4n) is 2.30. The van der Waals surface area contributed by atoms with Gasteiger partial charge in [-0.3, -0.25) is 0 Å². The van der Waals surface area contributed by atoms with Gasteiger partial charge in [0.2, 0.25) is 0 Å². The number of hydrogen-bond acceptors (Lipinski definition) is 1. The molecule has 0 spiro atoms. The van der Waals surface area contributed by atoms with Gasteiger partial charge in [-0.05, 0) is 42.2 Å². The third kappa shape index (κ3) is 2.94. The second kappa shape index (κ2) is 5.57. The summed E-state index contributed by atoms with van der Waals surface area (Å²) in [6, 6.07) is 19.0. The Hall–Kier alpha value is -2.28. The normalized spacial score (nSPS) is 14.0. The molecule has 1 aliphatic rings. The standard InChI is InChI=1S/C18H17N/c1-3-8-15(9-4-1)16-10-7-13-18(14-16)19-17-11-5-2-6-12-17/h1-5,7-11,13-14,19H,6,12H2. The Labute approximate surface area is 114 Å². The van der Waals surface area contributed by atoms with E-state index in [0.29, 0.717) is 0 Å². The molecule has 0 fully saturated rings. The molecule has 1 N–H and O–H groups in total. The highest BCUT2D eigenvalue weighted by atomic mass is 14.9. The minimum Gasteiger partial charge on any atom is -0.359 e. The second-order valence-corrected chi connectivity index (χ2v) is 4.73.